The number of hydrogen-bond donors (Lipinski definition) is 2. The second kappa shape index (κ2) is 8.23. The molecular formula is C19H22F2N2O3. The molecule has 0 spiro atoms. The Morgan fingerprint density at radius 2 is 1.77 bits per heavy atom. The van der Waals surface area contributed by atoms with Crippen LogP contribution in [0.3, 0.4) is 0 Å². The second-order valence-electron chi connectivity index (χ2n) is 6.79. The van der Waals surface area contributed by atoms with Gasteiger partial charge < -0.3 is 15.2 Å². The minimum atomic E-state index is -2.82. The van der Waals surface area contributed by atoms with Gasteiger partial charge in [-0.25, -0.2) is 13.6 Å². The van der Waals surface area contributed by atoms with Crippen LogP contribution >= 0.6 is 0 Å². The number of aromatic nitrogens is 1. The molecule has 26 heavy (non-hydrogen) atoms. The summed E-state index contributed by atoms with van der Waals surface area (Å²) in [5, 5.41) is 12.0. The van der Waals surface area contributed by atoms with Crippen molar-refractivity contribution in [2.75, 3.05) is 0 Å². The van der Waals surface area contributed by atoms with Crippen LogP contribution < -0.4 is 5.32 Å². The van der Waals surface area contributed by atoms with Crippen molar-refractivity contribution in [3.05, 3.63) is 53.9 Å². The number of pyridine rings is 1. The smallest absolute Gasteiger partial charge is 0.407 e. The SMILES string of the molecule is CC(C)(C)OC(=O)NCc1ccc(-c2ccc(C(O)C(F)F)cc2)cn1. The number of aliphatic hydroxyl groups excluding tert-OH is 1. The van der Waals surface area contributed by atoms with Crippen molar-refractivity contribution in [2.24, 2.45) is 0 Å². The first-order valence-electron chi connectivity index (χ1n) is 8.14. The Hall–Kier alpha value is -2.54. The van der Waals surface area contributed by atoms with E-state index in [1.165, 1.54) is 12.1 Å². The quantitative estimate of drug-likeness (QED) is 0.839. The third-order valence-electron chi connectivity index (χ3n) is 3.46. The number of ether oxygens (including phenoxy) is 1. The molecule has 0 radical (unpaired) electrons. The zero-order valence-electron chi connectivity index (χ0n) is 14.9. The number of hydrogen-bond acceptors (Lipinski definition) is 4. The largest absolute Gasteiger partial charge is 0.444 e. The minimum absolute atomic E-state index is 0.162. The van der Waals surface area contributed by atoms with Crippen LogP contribution in [0.2, 0.25) is 0 Å². The summed E-state index contributed by atoms with van der Waals surface area (Å²) in [6, 6.07) is 9.80. The summed E-state index contributed by atoms with van der Waals surface area (Å²) in [4.78, 5) is 15.9. The van der Waals surface area contributed by atoms with Crippen LogP contribution in [-0.4, -0.2) is 28.2 Å². The molecule has 2 N–H and O–H groups in total. The molecule has 0 saturated heterocycles. The van der Waals surface area contributed by atoms with Crippen molar-refractivity contribution in [3.8, 4) is 11.1 Å². The maximum atomic E-state index is 12.5. The van der Waals surface area contributed by atoms with E-state index in [1.54, 1.807) is 45.2 Å². The fraction of sp³-hybridized carbons (Fsp3) is 0.368. The van der Waals surface area contributed by atoms with Gasteiger partial charge in [-0.1, -0.05) is 30.3 Å². The number of alkyl carbamates (subject to hydrolysis) is 1. The molecule has 0 aliphatic rings. The molecule has 0 saturated carbocycles. The number of amides is 1. The Labute approximate surface area is 151 Å². The summed E-state index contributed by atoms with van der Waals surface area (Å²) >= 11 is 0. The predicted molar refractivity (Wildman–Crippen MR) is 93.7 cm³/mol. The van der Waals surface area contributed by atoms with E-state index in [4.69, 9.17) is 4.74 Å². The zero-order chi connectivity index (χ0) is 19.3. The van der Waals surface area contributed by atoms with E-state index in [0.717, 1.165) is 11.1 Å². The Morgan fingerprint density at radius 3 is 2.27 bits per heavy atom. The van der Waals surface area contributed by atoms with Gasteiger partial charge >= 0.3 is 6.09 Å². The van der Waals surface area contributed by atoms with E-state index in [9.17, 15) is 18.7 Å². The number of benzene rings is 1. The van der Waals surface area contributed by atoms with Gasteiger partial charge in [0.05, 0.1) is 12.2 Å². The van der Waals surface area contributed by atoms with Gasteiger partial charge in [-0.3, -0.25) is 4.98 Å². The van der Waals surface area contributed by atoms with Crippen molar-refractivity contribution in [1.29, 1.82) is 0 Å². The summed E-state index contributed by atoms with van der Waals surface area (Å²) < 4.78 is 30.2. The van der Waals surface area contributed by atoms with Gasteiger partial charge in [0, 0.05) is 11.8 Å². The average Bonchev–Trinajstić information content (AvgIpc) is 2.58. The Balaban J connectivity index is 1.98. The van der Waals surface area contributed by atoms with E-state index in [2.05, 4.69) is 10.3 Å². The molecule has 0 bridgehead atoms. The average molecular weight is 364 g/mol. The van der Waals surface area contributed by atoms with Crippen molar-refractivity contribution in [3.63, 3.8) is 0 Å². The summed E-state index contributed by atoms with van der Waals surface area (Å²) in [6.45, 7) is 5.58. The van der Waals surface area contributed by atoms with E-state index in [1.807, 2.05) is 6.07 Å². The van der Waals surface area contributed by atoms with Gasteiger partial charge in [0.2, 0.25) is 0 Å². The van der Waals surface area contributed by atoms with Crippen LogP contribution in [0.5, 0.6) is 0 Å². The van der Waals surface area contributed by atoms with E-state index in [-0.39, 0.29) is 12.1 Å². The number of halogens is 2. The first-order valence-corrected chi connectivity index (χ1v) is 8.14. The highest BCUT2D eigenvalue weighted by Gasteiger charge is 2.19. The lowest BCUT2D eigenvalue weighted by Crippen LogP contribution is -2.32. The molecule has 2 aromatic rings. The maximum absolute atomic E-state index is 12.5. The lowest BCUT2D eigenvalue weighted by atomic mass is 10.0. The number of carbonyl (C=O) groups excluding carboxylic acids is 1. The molecule has 0 fully saturated rings. The van der Waals surface area contributed by atoms with Crippen LogP contribution in [0.25, 0.3) is 11.1 Å². The molecule has 0 aliphatic heterocycles. The van der Waals surface area contributed by atoms with Crippen molar-refractivity contribution in [1.82, 2.24) is 10.3 Å². The van der Waals surface area contributed by atoms with E-state index >= 15 is 0 Å². The van der Waals surface area contributed by atoms with Crippen molar-refractivity contribution >= 4 is 6.09 Å². The standard InChI is InChI=1S/C19H22F2N2O3/c1-19(2,3)26-18(25)23-11-15-9-8-14(10-22-15)12-4-6-13(7-5-12)16(24)17(20)21/h4-10,16-17,24H,11H2,1-3H3,(H,23,25). The number of nitrogens with one attached hydrogen (secondary N) is 1. The van der Waals surface area contributed by atoms with Gasteiger partial charge in [-0.15, -0.1) is 0 Å². The summed E-state index contributed by atoms with van der Waals surface area (Å²) in [6.07, 6.45) is -3.50. The monoisotopic (exact) mass is 364 g/mol. The molecule has 1 heterocycles. The summed E-state index contributed by atoms with van der Waals surface area (Å²) in [7, 11) is 0. The molecule has 0 aliphatic carbocycles. The minimum Gasteiger partial charge on any atom is -0.444 e. The highest BCUT2D eigenvalue weighted by molar-refractivity contribution is 5.67. The molecule has 1 unspecified atom stereocenters. The van der Waals surface area contributed by atoms with Gasteiger partial charge in [0.15, 0.2) is 0 Å². The fourth-order valence-corrected chi connectivity index (χ4v) is 2.19. The predicted octanol–water partition coefficient (Wildman–Crippen LogP) is 4.07. The molecular weight excluding hydrogens is 342 g/mol. The first-order chi connectivity index (χ1) is 12.2. The third kappa shape index (κ3) is 5.77. The van der Waals surface area contributed by atoms with Gasteiger partial charge in [0.25, 0.3) is 6.43 Å². The summed E-state index contributed by atoms with van der Waals surface area (Å²) in [5.74, 6) is 0. The van der Waals surface area contributed by atoms with Crippen LogP contribution in [-0.2, 0) is 11.3 Å². The number of nitrogens with zero attached hydrogens (tertiary/aromatic N) is 1. The van der Waals surface area contributed by atoms with Gasteiger partial charge in [-0.2, -0.15) is 0 Å². The van der Waals surface area contributed by atoms with Crippen LogP contribution in [0.4, 0.5) is 13.6 Å². The lowest BCUT2D eigenvalue weighted by Gasteiger charge is -2.19. The topological polar surface area (TPSA) is 71.5 Å². The normalized spacial score (nSPS) is 12.7. The van der Waals surface area contributed by atoms with E-state index in [0.29, 0.717) is 5.69 Å². The lowest BCUT2D eigenvalue weighted by molar-refractivity contribution is -0.00577. The van der Waals surface area contributed by atoms with Crippen LogP contribution in [0, 0.1) is 0 Å². The van der Waals surface area contributed by atoms with E-state index < -0.39 is 24.2 Å². The number of rotatable bonds is 5. The number of aliphatic hydroxyl groups is 1. The Morgan fingerprint density at radius 1 is 1.15 bits per heavy atom. The first kappa shape index (κ1) is 19.8. The molecule has 1 aromatic heterocycles. The molecule has 2 rings (SSSR count). The van der Waals surface area contributed by atoms with Gasteiger partial charge in [0.1, 0.15) is 11.7 Å². The molecule has 1 atom stereocenters. The molecule has 140 valence electrons. The Bertz CT molecular complexity index is 726. The highest BCUT2D eigenvalue weighted by atomic mass is 19.3. The summed E-state index contributed by atoms with van der Waals surface area (Å²) in [5.41, 5.74) is 1.84. The molecule has 1 amide bonds. The Kier molecular flexibility index (Phi) is 6.26. The van der Waals surface area contributed by atoms with Crippen LogP contribution in [0.1, 0.15) is 38.1 Å². The van der Waals surface area contributed by atoms with Crippen molar-refractivity contribution in [2.45, 2.75) is 45.4 Å². The van der Waals surface area contributed by atoms with Crippen molar-refractivity contribution < 1.29 is 23.4 Å². The zero-order valence-corrected chi connectivity index (χ0v) is 14.9. The number of carbonyl (C=O) groups is 1. The highest BCUT2D eigenvalue weighted by Crippen LogP contribution is 2.24. The van der Waals surface area contributed by atoms with Crippen LogP contribution in [0.15, 0.2) is 42.6 Å². The fourth-order valence-electron chi connectivity index (χ4n) is 2.19. The molecule has 1 aromatic carbocycles. The third-order valence-corrected chi connectivity index (χ3v) is 3.46. The van der Waals surface area contributed by atoms with Gasteiger partial charge in [-0.05, 0) is 38.0 Å². The maximum Gasteiger partial charge on any atom is 0.407 e. The molecule has 7 heteroatoms. The molecule has 5 nitrogen and oxygen atoms in total. The number of alkyl halides is 2. The second-order valence-corrected chi connectivity index (χ2v) is 6.79.